The summed E-state index contributed by atoms with van der Waals surface area (Å²) in [5.74, 6) is 0. The number of aryl methyl sites for hydroxylation is 1. The fraction of sp³-hybridized carbons (Fsp3) is 0.500. The lowest BCUT2D eigenvalue weighted by molar-refractivity contribution is 0.187. The average Bonchev–Trinajstić information content (AvgIpc) is 2.14. The van der Waals surface area contributed by atoms with Gasteiger partial charge in [0.25, 0.3) is 0 Å². The molecule has 0 aromatic heterocycles. The standard InChI is InChI=1S/C12H19NO/c1-9-5-4-6-12(7-9)11(3)13-8-10(2)14/h4-7,10-11,13-14H,8H2,1-3H3/t10-,11+/m0/s1. The Kier molecular flexibility index (Phi) is 4.11. The van der Waals surface area contributed by atoms with Gasteiger partial charge < -0.3 is 10.4 Å². The smallest absolute Gasteiger partial charge is 0.0636 e. The summed E-state index contributed by atoms with van der Waals surface area (Å²) >= 11 is 0. The zero-order valence-corrected chi connectivity index (χ0v) is 9.12. The number of aliphatic hydroxyl groups excluding tert-OH is 1. The van der Waals surface area contributed by atoms with Gasteiger partial charge in [-0.15, -0.1) is 0 Å². The molecule has 0 aliphatic heterocycles. The van der Waals surface area contributed by atoms with Gasteiger partial charge in [0, 0.05) is 12.6 Å². The number of aliphatic hydroxyl groups is 1. The van der Waals surface area contributed by atoms with Gasteiger partial charge in [0.05, 0.1) is 6.10 Å². The van der Waals surface area contributed by atoms with Crippen molar-refractivity contribution in [3.8, 4) is 0 Å². The molecule has 78 valence electrons. The molecule has 0 spiro atoms. The minimum atomic E-state index is -0.290. The first-order valence-electron chi connectivity index (χ1n) is 5.07. The molecule has 0 saturated heterocycles. The minimum Gasteiger partial charge on any atom is -0.392 e. The van der Waals surface area contributed by atoms with E-state index in [4.69, 9.17) is 5.11 Å². The highest BCUT2D eigenvalue weighted by atomic mass is 16.3. The molecule has 14 heavy (non-hydrogen) atoms. The van der Waals surface area contributed by atoms with E-state index >= 15 is 0 Å². The van der Waals surface area contributed by atoms with E-state index in [2.05, 4.69) is 43.4 Å². The fourth-order valence-corrected chi connectivity index (χ4v) is 1.40. The van der Waals surface area contributed by atoms with Crippen LogP contribution in [0.4, 0.5) is 0 Å². The van der Waals surface area contributed by atoms with Crippen molar-refractivity contribution in [2.75, 3.05) is 6.54 Å². The van der Waals surface area contributed by atoms with E-state index in [1.807, 2.05) is 0 Å². The topological polar surface area (TPSA) is 32.3 Å². The third kappa shape index (κ3) is 3.48. The lowest BCUT2D eigenvalue weighted by atomic mass is 10.1. The molecule has 2 nitrogen and oxygen atoms in total. The summed E-state index contributed by atoms with van der Waals surface area (Å²) in [5.41, 5.74) is 2.54. The maximum absolute atomic E-state index is 9.14. The molecule has 0 radical (unpaired) electrons. The van der Waals surface area contributed by atoms with Gasteiger partial charge in [-0.05, 0) is 26.3 Å². The van der Waals surface area contributed by atoms with Gasteiger partial charge in [0.15, 0.2) is 0 Å². The van der Waals surface area contributed by atoms with Crippen molar-refractivity contribution >= 4 is 0 Å². The number of nitrogens with one attached hydrogen (secondary N) is 1. The minimum absolute atomic E-state index is 0.290. The van der Waals surface area contributed by atoms with E-state index < -0.39 is 0 Å². The number of benzene rings is 1. The van der Waals surface area contributed by atoms with E-state index in [9.17, 15) is 0 Å². The first kappa shape index (κ1) is 11.2. The first-order valence-corrected chi connectivity index (χ1v) is 5.07. The largest absolute Gasteiger partial charge is 0.392 e. The highest BCUT2D eigenvalue weighted by molar-refractivity contribution is 5.24. The molecule has 2 N–H and O–H groups in total. The average molecular weight is 193 g/mol. The van der Waals surface area contributed by atoms with Crippen molar-refractivity contribution in [3.63, 3.8) is 0 Å². The van der Waals surface area contributed by atoms with Crippen molar-refractivity contribution in [2.24, 2.45) is 0 Å². The second-order valence-corrected chi connectivity index (χ2v) is 3.89. The molecular weight excluding hydrogens is 174 g/mol. The van der Waals surface area contributed by atoms with Crippen LogP contribution in [0.3, 0.4) is 0 Å². The predicted molar refractivity (Wildman–Crippen MR) is 59.3 cm³/mol. The third-order valence-electron chi connectivity index (χ3n) is 2.26. The van der Waals surface area contributed by atoms with Crippen molar-refractivity contribution < 1.29 is 5.11 Å². The summed E-state index contributed by atoms with van der Waals surface area (Å²) in [6.07, 6.45) is -0.290. The summed E-state index contributed by atoms with van der Waals surface area (Å²) in [4.78, 5) is 0. The number of hydrogen-bond acceptors (Lipinski definition) is 2. The maximum Gasteiger partial charge on any atom is 0.0636 e. The van der Waals surface area contributed by atoms with Gasteiger partial charge in [0.2, 0.25) is 0 Å². The number of rotatable bonds is 4. The quantitative estimate of drug-likeness (QED) is 0.767. The SMILES string of the molecule is Cc1cccc([C@@H](C)NC[C@H](C)O)c1. The lowest BCUT2D eigenvalue weighted by Gasteiger charge is -2.15. The van der Waals surface area contributed by atoms with E-state index in [0.29, 0.717) is 12.6 Å². The second kappa shape index (κ2) is 5.13. The molecule has 2 heteroatoms. The van der Waals surface area contributed by atoms with E-state index in [1.165, 1.54) is 11.1 Å². The molecule has 2 atom stereocenters. The third-order valence-corrected chi connectivity index (χ3v) is 2.26. The molecule has 0 saturated carbocycles. The van der Waals surface area contributed by atoms with Crippen molar-refractivity contribution in [1.29, 1.82) is 0 Å². The Hall–Kier alpha value is -0.860. The van der Waals surface area contributed by atoms with Gasteiger partial charge in [-0.25, -0.2) is 0 Å². The number of hydrogen-bond donors (Lipinski definition) is 2. The Morgan fingerprint density at radius 1 is 1.36 bits per heavy atom. The molecule has 1 aromatic carbocycles. The Labute approximate surface area is 86.0 Å². The molecule has 0 aliphatic carbocycles. The van der Waals surface area contributed by atoms with E-state index in [1.54, 1.807) is 6.92 Å². The van der Waals surface area contributed by atoms with Crippen LogP contribution < -0.4 is 5.32 Å². The zero-order chi connectivity index (χ0) is 10.6. The summed E-state index contributed by atoms with van der Waals surface area (Å²) in [7, 11) is 0. The Balaban J connectivity index is 2.56. The van der Waals surface area contributed by atoms with Gasteiger partial charge in [-0.2, -0.15) is 0 Å². The maximum atomic E-state index is 9.14. The van der Waals surface area contributed by atoms with Crippen molar-refractivity contribution in [3.05, 3.63) is 35.4 Å². The molecule has 0 aliphatic rings. The van der Waals surface area contributed by atoms with E-state index in [0.717, 1.165) is 0 Å². The normalized spacial score (nSPS) is 15.1. The van der Waals surface area contributed by atoms with Gasteiger partial charge >= 0.3 is 0 Å². The predicted octanol–water partition coefficient (Wildman–Crippen LogP) is 2.03. The van der Waals surface area contributed by atoms with Gasteiger partial charge in [-0.3, -0.25) is 0 Å². The van der Waals surface area contributed by atoms with Crippen LogP contribution in [-0.2, 0) is 0 Å². The summed E-state index contributed by atoms with van der Waals surface area (Å²) in [6.45, 7) is 6.62. The molecule has 0 heterocycles. The van der Waals surface area contributed by atoms with Crippen LogP contribution in [-0.4, -0.2) is 17.8 Å². The van der Waals surface area contributed by atoms with Gasteiger partial charge in [-0.1, -0.05) is 29.8 Å². The molecule has 1 rings (SSSR count). The molecule has 0 amide bonds. The van der Waals surface area contributed by atoms with Crippen LogP contribution in [0.25, 0.3) is 0 Å². The Bertz CT molecular complexity index is 283. The van der Waals surface area contributed by atoms with Gasteiger partial charge in [0.1, 0.15) is 0 Å². The van der Waals surface area contributed by atoms with Crippen LogP contribution >= 0.6 is 0 Å². The zero-order valence-electron chi connectivity index (χ0n) is 9.12. The summed E-state index contributed by atoms with van der Waals surface area (Å²) in [5, 5.41) is 12.4. The highest BCUT2D eigenvalue weighted by Gasteiger charge is 2.05. The summed E-state index contributed by atoms with van der Waals surface area (Å²) in [6, 6.07) is 8.72. The van der Waals surface area contributed by atoms with Crippen LogP contribution in [0.5, 0.6) is 0 Å². The Morgan fingerprint density at radius 2 is 2.07 bits per heavy atom. The molecule has 0 fully saturated rings. The second-order valence-electron chi connectivity index (χ2n) is 3.89. The summed E-state index contributed by atoms with van der Waals surface area (Å²) < 4.78 is 0. The van der Waals surface area contributed by atoms with Crippen LogP contribution in [0.2, 0.25) is 0 Å². The van der Waals surface area contributed by atoms with Crippen LogP contribution in [0.1, 0.15) is 31.0 Å². The molecule has 0 unspecified atom stereocenters. The molecule has 0 bridgehead atoms. The Morgan fingerprint density at radius 3 is 2.64 bits per heavy atom. The highest BCUT2D eigenvalue weighted by Crippen LogP contribution is 2.13. The molecular formula is C12H19NO. The van der Waals surface area contributed by atoms with Crippen LogP contribution in [0, 0.1) is 6.92 Å². The monoisotopic (exact) mass is 193 g/mol. The fourth-order valence-electron chi connectivity index (χ4n) is 1.40. The van der Waals surface area contributed by atoms with Crippen molar-refractivity contribution in [1.82, 2.24) is 5.32 Å². The van der Waals surface area contributed by atoms with Crippen molar-refractivity contribution in [2.45, 2.75) is 32.9 Å². The van der Waals surface area contributed by atoms with E-state index in [-0.39, 0.29) is 6.10 Å². The van der Waals surface area contributed by atoms with Crippen LogP contribution in [0.15, 0.2) is 24.3 Å². The first-order chi connectivity index (χ1) is 6.59. The molecule has 1 aromatic rings. The lowest BCUT2D eigenvalue weighted by Crippen LogP contribution is -2.27.